The molecule has 0 atom stereocenters. The molecule has 3 heterocycles. The van der Waals surface area contributed by atoms with Gasteiger partial charge in [-0.3, -0.25) is 4.90 Å². The third kappa shape index (κ3) is 3.05. The van der Waals surface area contributed by atoms with Gasteiger partial charge < -0.3 is 4.90 Å². The Morgan fingerprint density at radius 2 is 2.11 bits per heavy atom. The quantitative estimate of drug-likeness (QED) is 0.832. The van der Waals surface area contributed by atoms with Crippen molar-refractivity contribution in [1.29, 1.82) is 0 Å². The van der Waals surface area contributed by atoms with E-state index in [9.17, 15) is 0 Å². The molecule has 1 aliphatic heterocycles. The van der Waals surface area contributed by atoms with E-state index in [0.717, 1.165) is 50.1 Å². The number of hydrogen-bond donors (Lipinski definition) is 0. The maximum absolute atomic E-state index is 4.47. The minimum absolute atomic E-state index is 0.827. The van der Waals surface area contributed by atoms with Crippen molar-refractivity contribution < 1.29 is 0 Å². The highest BCUT2D eigenvalue weighted by Crippen LogP contribution is 2.14. The van der Waals surface area contributed by atoms with Gasteiger partial charge in [0.1, 0.15) is 11.6 Å². The molecular weight excluding hydrogens is 260 g/mol. The largest absolute Gasteiger partial charge is 0.354 e. The van der Waals surface area contributed by atoms with Crippen LogP contribution in [0.5, 0.6) is 0 Å². The van der Waals surface area contributed by atoms with Gasteiger partial charge in [-0.05, 0) is 24.5 Å². The molecule has 0 radical (unpaired) electrons. The zero-order valence-corrected chi connectivity index (χ0v) is 11.7. The molecule has 0 aliphatic carbocycles. The van der Waals surface area contributed by atoms with Crippen molar-refractivity contribution in [2.75, 3.05) is 31.1 Å². The maximum Gasteiger partial charge on any atom is 0.132 e. The van der Waals surface area contributed by atoms with Crippen molar-refractivity contribution in [2.45, 2.75) is 13.5 Å². The number of hydrogen-bond acceptors (Lipinski definition) is 7. The number of nitrogens with zero attached hydrogens (tertiary/aromatic N) is 6. The predicted octanol–water partition coefficient (Wildman–Crippen LogP) is 0.959. The van der Waals surface area contributed by atoms with Crippen molar-refractivity contribution in [2.24, 2.45) is 0 Å². The van der Waals surface area contributed by atoms with Crippen LogP contribution in [0, 0.1) is 6.92 Å². The lowest BCUT2D eigenvalue weighted by Gasteiger charge is -2.34. The summed E-state index contributed by atoms with van der Waals surface area (Å²) in [6, 6.07) is 1.98. The van der Waals surface area contributed by atoms with E-state index >= 15 is 0 Å². The molecule has 0 saturated carbocycles. The van der Waals surface area contributed by atoms with Gasteiger partial charge in [0.2, 0.25) is 0 Å². The number of piperazine rings is 1. The molecule has 2 aromatic heterocycles. The van der Waals surface area contributed by atoms with Crippen LogP contribution in [0.1, 0.15) is 11.5 Å². The molecule has 3 rings (SSSR count). The molecule has 19 heavy (non-hydrogen) atoms. The molecule has 100 valence electrons. The fourth-order valence-electron chi connectivity index (χ4n) is 2.24. The molecule has 0 N–H and O–H groups in total. The Morgan fingerprint density at radius 1 is 1.26 bits per heavy atom. The Labute approximate surface area is 116 Å². The first-order chi connectivity index (χ1) is 9.31. The second-order valence-electron chi connectivity index (χ2n) is 4.62. The fourth-order valence-corrected chi connectivity index (χ4v) is 2.68. The van der Waals surface area contributed by atoms with Crippen molar-refractivity contribution in [3.05, 3.63) is 29.2 Å². The Kier molecular flexibility index (Phi) is 3.65. The van der Waals surface area contributed by atoms with Crippen LogP contribution in [-0.4, -0.2) is 50.6 Å². The van der Waals surface area contributed by atoms with E-state index in [4.69, 9.17) is 0 Å². The Balaban J connectivity index is 1.57. The van der Waals surface area contributed by atoms with Crippen molar-refractivity contribution in [1.82, 2.24) is 24.5 Å². The minimum Gasteiger partial charge on any atom is -0.354 e. The monoisotopic (exact) mass is 276 g/mol. The third-order valence-corrected chi connectivity index (χ3v) is 3.80. The topological polar surface area (TPSA) is 58.0 Å². The van der Waals surface area contributed by atoms with Crippen molar-refractivity contribution in [3.63, 3.8) is 0 Å². The number of anilines is 1. The first kappa shape index (κ1) is 12.4. The summed E-state index contributed by atoms with van der Waals surface area (Å²) in [6.45, 7) is 6.87. The van der Waals surface area contributed by atoms with Gasteiger partial charge in [-0.1, -0.05) is 4.49 Å². The van der Waals surface area contributed by atoms with Gasteiger partial charge in [-0.25, -0.2) is 9.97 Å². The van der Waals surface area contributed by atoms with E-state index in [1.54, 1.807) is 0 Å². The summed E-state index contributed by atoms with van der Waals surface area (Å²) in [6.07, 6.45) is 1.82. The van der Waals surface area contributed by atoms with Crippen LogP contribution < -0.4 is 4.90 Å². The highest BCUT2D eigenvalue weighted by Gasteiger charge is 2.18. The average molecular weight is 276 g/mol. The Hall–Kier alpha value is -1.60. The first-order valence-electron chi connectivity index (χ1n) is 6.34. The molecule has 1 saturated heterocycles. The Morgan fingerprint density at radius 3 is 2.79 bits per heavy atom. The van der Waals surface area contributed by atoms with Crippen LogP contribution in [0.25, 0.3) is 0 Å². The number of rotatable bonds is 3. The standard InChI is InChI=1S/C12H16N6S/c1-10-13-3-2-12(14-10)18-6-4-17(5-7-18)8-11-9-19-16-15-11/h2-3,9H,4-8H2,1H3. The fraction of sp³-hybridized carbons (Fsp3) is 0.500. The first-order valence-corrected chi connectivity index (χ1v) is 7.18. The van der Waals surface area contributed by atoms with E-state index in [-0.39, 0.29) is 0 Å². The molecule has 2 aromatic rings. The van der Waals surface area contributed by atoms with Crippen molar-refractivity contribution in [3.8, 4) is 0 Å². The lowest BCUT2D eigenvalue weighted by molar-refractivity contribution is 0.246. The van der Waals surface area contributed by atoms with Crippen LogP contribution in [0.3, 0.4) is 0 Å². The molecule has 0 unspecified atom stereocenters. The molecule has 0 spiro atoms. The zero-order valence-electron chi connectivity index (χ0n) is 10.9. The predicted molar refractivity (Wildman–Crippen MR) is 74.2 cm³/mol. The summed E-state index contributed by atoms with van der Waals surface area (Å²) in [5.74, 6) is 1.86. The van der Waals surface area contributed by atoms with Gasteiger partial charge in [-0.2, -0.15) is 0 Å². The normalized spacial score (nSPS) is 16.8. The molecule has 0 amide bonds. The summed E-state index contributed by atoms with van der Waals surface area (Å²) in [5, 5.41) is 6.11. The van der Waals surface area contributed by atoms with E-state index in [2.05, 4.69) is 29.4 Å². The number of aromatic nitrogens is 4. The van der Waals surface area contributed by atoms with Gasteiger partial charge in [0.05, 0.1) is 5.69 Å². The van der Waals surface area contributed by atoms with Crippen molar-refractivity contribution >= 4 is 17.4 Å². The summed E-state index contributed by atoms with van der Waals surface area (Å²) >= 11 is 1.41. The van der Waals surface area contributed by atoms with E-state index in [0.29, 0.717) is 0 Å². The van der Waals surface area contributed by atoms with Gasteiger partial charge in [0, 0.05) is 44.3 Å². The second kappa shape index (κ2) is 5.58. The third-order valence-electron chi connectivity index (χ3n) is 3.25. The van der Waals surface area contributed by atoms with Gasteiger partial charge in [-0.15, -0.1) is 5.10 Å². The van der Waals surface area contributed by atoms with Crippen LogP contribution in [0.4, 0.5) is 5.82 Å². The van der Waals surface area contributed by atoms with Gasteiger partial charge >= 0.3 is 0 Å². The molecule has 7 heteroatoms. The maximum atomic E-state index is 4.47. The molecular formula is C12H16N6S. The highest BCUT2D eigenvalue weighted by atomic mass is 32.1. The van der Waals surface area contributed by atoms with Crippen LogP contribution in [-0.2, 0) is 6.54 Å². The molecule has 0 aromatic carbocycles. The minimum atomic E-state index is 0.827. The molecule has 1 fully saturated rings. The summed E-state index contributed by atoms with van der Waals surface area (Å²) in [7, 11) is 0. The smallest absolute Gasteiger partial charge is 0.132 e. The van der Waals surface area contributed by atoms with Gasteiger partial charge in [0.15, 0.2) is 0 Å². The molecule has 1 aliphatic rings. The van der Waals surface area contributed by atoms with Gasteiger partial charge in [0.25, 0.3) is 0 Å². The van der Waals surface area contributed by atoms with E-state index in [1.165, 1.54) is 11.5 Å². The molecule has 0 bridgehead atoms. The Bertz CT molecular complexity index is 521. The number of aryl methyl sites for hydroxylation is 1. The van der Waals surface area contributed by atoms with E-state index in [1.807, 2.05) is 24.6 Å². The van der Waals surface area contributed by atoms with Crippen LogP contribution >= 0.6 is 11.5 Å². The summed E-state index contributed by atoms with van der Waals surface area (Å²) in [4.78, 5) is 13.3. The van der Waals surface area contributed by atoms with E-state index < -0.39 is 0 Å². The zero-order chi connectivity index (χ0) is 13.1. The lowest BCUT2D eigenvalue weighted by Crippen LogP contribution is -2.46. The highest BCUT2D eigenvalue weighted by molar-refractivity contribution is 7.03. The summed E-state index contributed by atoms with van der Waals surface area (Å²) < 4.78 is 3.90. The van der Waals surface area contributed by atoms with Crippen LogP contribution in [0.2, 0.25) is 0 Å². The second-order valence-corrected chi connectivity index (χ2v) is 5.23. The molecule has 6 nitrogen and oxygen atoms in total. The summed E-state index contributed by atoms with van der Waals surface area (Å²) in [5.41, 5.74) is 1.07. The average Bonchev–Trinajstić information content (AvgIpc) is 2.92. The van der Waals surface area contributed by atoms with Crippen LogP contribution in [0.15, 0.2) is 17.6 Å². The lowest BCUT2D eigenvalue weighted by atomic mass is 10.3. The SMILES string of the molecule is Cc1nccc(N2CCN(Cc3csnn3)CC2)n1.